The Morgan fingerprint density at radius 2 is 2.22 bits per heavy atom. The molecule has 1 fully saturated rings. The van der Waals surface area contributed by atoms with Crippen molar-refractivity contribution in [3.8, 4) is 0 Å². The SMILES string of the molecule is O=S(=O)(c1ccc(F)cc1Br)N1CCCC1CO. The van der Waals surface area contributed by atoms with Crippen LogP contribution in [0.5, 0.6) is 0 Å². The number of aliphatic hydroxyl groups excluding tert-OH is 1. The third-order valence-electron chi connectivity index (χ3n) is 3.01. The molecule has 0 spiro atoms. The highest BCUT2D eigenvalue weighted by Gasteiger charge is 2.35. The molecule has 0 bridgehead atoms. The Labute approximate surface area is 114 Å². The van der Waals surface area contributed by atoms with Crippen LogP contribution in [-0.4, -0.2) is 37.0 Å². The molecule has 1 aromatic rings. The van der Waals surface area contributed by atoms with Crippen molar-refractivity contribution in [1.29, 1.82) is 0 Å². The van der Waals surface area contributed by atoms with Crippen LogP contribution < -0.4 is 0 Å². The van der Waals surface area contributed by atoms with E-state index in [1.807, 2.05) is 0 Å². The van der Waals surface area contributed by atoms with Gasteiger partial charge in [-0.05, 0) is 47.0 Å². The maximum Gasteiger partial charge on any atom is 0.244 e. The molecule has 7 heteroatoms. The Morgan fingerprint density at radius 3 is 2.83 bits per heavy atom. The molecule has 0 amide bonds. The summed E-state index contributed by atoms with van der Waals surface area (Å²) in [4.78, 5) is 0.0317. The van der Waals surface area contributed by atoms with E-state index in [2.05, 4.69) is 15.9 Å². The summed E-state index contributed by atoms with van der Waals surface area (Å²) in [5.74, 6) is -0.499. The Balaban J connectivity index is 2.42. The summed E-state index contributed by atoms with van der Waals surface area (Å²) in [6, 6.07) is 3.09. The van der Waals surface area contributed by atoms with E-state index in [-0.39, 0.29) is 22.0 Å². The first-order valence-corrected chi connectivity index (χ1v) is 7.78. The quantitative estimate of drug-likeness (QED) is 0.913. The highest BCUT2D eigenvalue weighted by Crippen LogP contribution is 2.30. The molecule has 100 valence electrons. The minimum absolute atomic E-state index is 0.0317. The van der Waals surface area contributed by atoms with Crippen LogP contribution in [0.2, 0.25) is 0 Å². The zero-order valence-electron chi connectivity index (χ0n) is 9.51. The molecular formula is C11H13BrFNO3S. The lowest BCUT2D eigenvalue weighted by Gasteiger charge is -2.22. The summed E-state index contributed by atoms with van der Waals surface area (Å²) in [5, 5.41) is 9.18. The third-order valence-corrected chi connectivity index (χ3v) is 5.94. The van der Waals surface area contributed by atoms with Crippen molar-refractivity contribution in [1.82, 2.24) is 4.31 Å². The lowest BCUT2D eigenvalue weighted by atomic mass is 10.2. The highest BCUT2D eigenvalue weighted by atomic mass is 79.9. The summed E-state index contributed by atoms with van der Waals surface area (Å²) < 4.78 is 39.3. The van der Waals surface area contributed by atoms with E-state index < -0.39 is 15.8 Å². The summed E-state index contributed by atoms with van der Waals surface area (Å²) >= 11 is 3.06. The molecule has 18 heavy (non-hydrogen) atoms. The number of rotatable bonds is 3. The Bertz CT molecular complexity index is 549. The van der Waals surface area contributed by atoms with Gasteiger partial charge in [0.2, 0.25) is 10.0 Å². The van der Waals surface area contributed by atoms with Crippen LogP contribution in [0, 0.1) is 5.82 Å². The van der Waals surface area contributed by atoms with Crippen molar-refractivity contribution < 1.29 is 17.9 Å². The maximum atomic E-state index is 13.0. The van der Waals surface area contributed by atoms with Gasteiger partial charge in [-0.2, -0.15) is 4.31 Å². The number of benzene rings is 1. The molecule has 1 saturated heterocycles. The van der Waals surface area contributed by atoms with Gasteiger partial charge < -0.3 is 5.11 Å². The molecular weight excluding hydrogens is 325 g/mol. The first kappa shape index (κ1) is 13.9. The molecule has 2 rings (SSSR count). The van der Waals surface area contributed by atoms with Crippen LogP contribution in [0.3, 0.4) is 0 Å². The van der Waals surface area contributed by atoms with Gasteiger partial charge in [-0.15, -0.1) is 0 Å². The molecule has 1 unspecified atom stereocenters. The van der Waals surface area contributed by atoms with Crippen molar-refractivity contribution in [2.24, 2.45) is 0 Å². The van der Waals surface area contributed by atoms with Crippen LogP contribution in [0.4, 0.5) is 4.39 Å². The second-order valence-electron chi connectivity index (χ2n) is 4.17. The molecule has 1 aliphatic heterocycles. The lowest BCUT2D eigenvalue weighted by Crippen LogP contribution is -2.37. The first-order valence-electron chi connectivity index (χ1n) is 5.54. The van der Waals surface area contributed by atoms with Crippen LogP contribution in [0.15, 0.2) is 27.6 Å². The van der Waals surface area contributed by atoms with E-state index in [1.54, 1.807) is 0 Å². The predicted molar refractivity (Wildman–Crippen MR) is 68.1 cm³/mol. The van der Waals surface area contributed by atoms with Crippen molar-refractivity contribution in [2.45, 2.75) is 23.8 Å². The largest absolute Gasteiger partial charge is 0.395 e. The van der Waals surface area contributed by atoms with Crippen molar-refractivity contribution in [2.75, 3.05) is 13.2 Å². The number of hydrogen-bond acceptors (Lipinski definition) is 3. The molecule has 1 heterocycles. The summed E-state index contributed by atoms with van der Waals surface area (Å²) in [7, 11) is -3.69. The average molecular weight is 338 g/mol. The van der Waals surface area contributed by atoms with Gasteiger partial charge in [0.25, 0.3) is 0 Å². The molecule has 0 aliphatic carbocycles. The van der Waals surface area contributed by atoms with E-state index in [9.17, 15) is 17.9 Å². The molecule has 1 atom stereocenters. The minimum Gasteiger partial charge on any atom is -0.395 e. The lowest BCUT2D eigenvalue weighted by molar-refractivity contribution is 0.213. The van der Waals surface area contributed by atoms with Gasteiger partial charge in [-0.3, -0.25) is 0 Å². The van der Waals surface area contributed by atoms with Gasteiger partial charge in [0.15, 0.2) is 0 Å². The normalized spacial score (nSPS) is 21.4. The number of hydrogen-bond donors (Lipinski definition) is 1. The van der Waals surface area contributed by atoms with Crippen molar-refractivity contribution in [3.05, 3.63) is 28.5 Å². The Morgan fingerprint density at radius 1 is 1.50 bits per heavy atom. The van der Waals surface area contributed by atoms with Gasteiger partial charge in [-0.25, -0.2) is 12.8 Å². The standard InChI is InChI=1S/C11H13BrFNO3S/c12-10-6-8(13)3-4-11(10)18(16,17)14-5-1-2-9(14)7-15/h3-4,6,9,15H,1-2,5,7H2. The molecule has 1 aliphatic rings. The second kappa shape index (κ2) is 5.24. The van der Waals surface area contributed by atoms with E-state index in [4.69, 9.17) is 0 Å². The van der Waals surface area contributed by atoms with Gasteiger partial charge >= 0.3 is 0 Å². The summed E-state index contributed by atoms with van der Waals surface area (Å²) in [6.45, 7) is 0.190. The molecule has 0 radical (unpaired) electrons. The smallest absolute Gasteiger partial charge is 0.244 e. The highest BCUT2D eigenvalue weighted by molar-refractivity contribution is 9.10. The predicted octanol–water partition coefficient (Wildman–Crippen LogP) is 1.73. The van der Waals surface area contributed by atoms with Gasteiger partial charge in [0.05, 0.1) is 11.5 Å². The molecule has 1 N–H and O–H groups in total. The maximum absolute atomic E-state index is 13.0. The number of halogens is 2. The molecule has 1 aromatic carbocycles. The summed E-state index contributed by atoms with van der Waals surface area (Å²) in [6.07, 6.45) is 1.37. The molecule has 4 nitrogen and oxygen atoms in total. The zero-order chi connectivity index (χ0) is 13.3. The molecule has 0 aromatic heterocycles. The van der Waals surface area contributed by atoms with Gasteiger partial charge in [0.1, 0.15) is 5.82 Å². The zero-order valence-corrected chi connectivity index (χ0v) is 11.9. The van der Waals surface area contributed by atoms with Crippen LogP contribution in [-0.2, 0) is 10.0 Å². The van der Waals surface area contributed by atoms with Crippen molar-refractivity contribution in [3.63, 3.8) is 0 Å². The van der Waals surface area contributed by atoms with E-state index in [0.29, 0.717) is 13.0 Å². The number of nitrogens with zero attached hydrogens (tertiary/aromatic N) is 1. The number of sulfonamides is 1. The number of aliphatic hydroxyl groups is 1. The second-order valence-corrected chi connectivity index (χ2v) is 6.88. The van der Waals surface area contributed by atoms with E-state index in [0.717, 1.165) is 18.6 Å². The van der Waals surface area contributed by atoms with Crippen LogP contribution in [0.1, 0.15) is 12.8 Å². The Hall–Kier alpha value is -0.500. The topological polar surface area (TPSA) is 57.6 Å². The van der Waals surface area contributed by atoms with Crippen molar-refractivity contribution >= 4 is 26.0 Å². The average Bonchev–Trinajstić information content (AvgIpc) is 2.76. The fourth-order valence-electron chi connectivity index (χ4n) is 2.12. The monoisotopic (exact) mass is 337 g/mol. The van der Waals surface area contributed by atoms with E-state index in [1.165, 1.54) is 10.4 Å². The first-order chi connectivity index (χ1) is 8.46. The summed E-state index contributed by atoms with van der Waals surface area (Å²) in [5.41, 5.74) is 0. The minimum atomic E-state index is -3.69. The van der Waals surface area contributed by atoms with Gasteiger partial charge in [0, 0.05) is 17.1 Å². The molecule has 0 saturated carbocycles. The Kier molecular flexibility index (Phi) is 4.05. The fraction of sp³-hybridized carbons (Fsp3) is 0.455. The van der Waals surface area contributed by atoms with Crippen LogP contribution in [0.25, 0.3) is 0 Å². The van der Waals surface area contributed by atoms with Crippen LogP contribution >= 0.6 is 15.9 Å². The third kappa shape index (κ3) is 2.45. The fourth-order valence-corrected chi connectivity index (χ4v) is 4.82. The van der Waals surface area contributed by atoms with E-state index >= 15 is 0 Å². The van der Waals surface area contributed by atoms with Gasteiger partial charge in [-0.1, -0.05) is 0 Å².